The van der Waals surface area contributed by atoms with E-state index in [0.29, 0.717) is 5.69 Å². The Balaban J connectivity index is 3.14. The molecule has 0 amide bonds. The molecule has 0 saturated heterocycles. The molecule has 8 heteroatoms. The van der Waals surface area contributed by atoms with Crippen LogP contribution in [0.1, 0.15) is 17.3 Å². The maximum atomic E-state index is 12.0. The van der Waals surface area contributed by atoms with Crippen LogP contribution in [0.4, 0.5) is 5.69 Å². The summed E-state index contributed by atoms with van der Waals surface area (Å²) < 4.78 is 33.2. The first-order valence-electron chi connectivity index (χ1n) is 6.12. The largest absolute Gasteiger partial charge is 0.457 e. The second-order valence-electron chi connectivity index (χ2n) is 4.69. The topological polar surface area (TPSA) is 72.9 Å². The lowest BCUT2D eigenvalue weighted by Gasteiger charge is -2.17. The van der Waals surface area contributed by atoms with Gasteiger partial charge in [0.15, 0.2) is 0 Å². The average molecular weight is 336 g/mol. The molecule has 118 valence electrons. The van der Waals surface area contributed by atoms with Gasteiger partial charge in [0.2, 0.25) is 0 Å². The van der Waals surface area contributed by atoms with Crippen LogP contribution in [-0.2, 0) is 18.5 Å². The monoisotopic (exact) mass is 335 g/mol. The number of esters is 1. The van der Waals surface area contributed by atoms with Crippen LogP contribution in [0.25, 0.3) is 0 Å². The Kier molecular flexibility index (Phi) is 6.00. The normalized spacial score (nSPS) is 12.8. The van der Waals surface area contributed by atoms with Gasteiger partial charge in [0.05, 0.1) is 17.9 Å². The van der Waals surface area contributed by atoms with Crippen LogP contribution in [0, 0.1) is 0 Å². The molecule has 0 radical (unpaired) electrons. The van der Waals surface area contributed by atoms with Crippen LogP contribution in [0.3, 0.4) is 0 Å². The zero-order valence-electron chi connectivity index (χ0n) is 12.3. The third-order valence-corrected chi connectivity index (χ3v) is 4.00. The number of carbonyl (C=O) groups is 1. The number of hydrogen-bond acceptors (Lipinski definition) is 6. The molecule has 0 aliphatic rings. The first-order valence-corrected chi connectivity index (χ1v) is 8.43. The van der Waals surface area contributed by atoms with E-state index in [2.05, 4.69) is 0 Å². The van der Waals surface area contributed by atoms with E-state index in [1.54, 1.807) is 25.9 Å². The van der Waals surface area contributed by atoms with Crippen molar-refractivity contribution < 1.29 is 22.7 Å². The van der Waals surface area contributed by atoms with Gasteiger partial charge in [-0.1, -0.05) is 0 Å². The summed E-state index contributed by atoms with van der Waals surface area (Å²) in [5.41, 5.74) is 0.509. The molecule has 0 aliphatic carbocycles. The summed E-state index contributed by atoms with van der Waals surface area (Å²) in [6, 6.07) is 4.20. The van der Waals surface area contributed by atoms with Crippen molar-refractivity contribution in [3.05, 3.63) is 23.8 Å². The van der Waals surface area contributed by atoms with Gasteiger partial charge in [-0.25, -0.2) is 13.2 Å². The number of benzene rings is 1. The molecule has 1 atom stereocenters. The third kappa shape index (κ3) is 4.87. The molecule has 0 saturated carbocycles. The molecular formula is C13H18ClNO5S. The van der Waals surface area contributed by atoms with Gasteiger partial charge in [-0.05, 0) is 25.1 Å². The van der Waals surface area contributed by atoms with Crippen molar-refractivity contribution >= 4 is 31.4 Å². The van der Waals surface area contributed by atoms with Crippen molar-refractivity contribution in [1.82, 2.24) is 0 Å². The Morgan fingerprint density at radius 3 is 2.48 bits per heavy atom. The molecule has 21 heavy (non-hydrogen) atoms. The third-order valence-electron chi connectivity index (χ3n) is 2.65. The maximum absolute atomic E-state index is 12.0. The predicted molar refractivity (Wildman–Crippen MR) is 80.6 cm³/mol. The fourth-order valence-electron chi connectivity index (χ4n) is 1.73. The van der Waals surface area contributed by atoms with Gasteiger partial charge >= 0.3 is 5.97 Å². The second-order valence-corrected chi connectivity index (χ2v) is 7.22. The van der Waals surface area contributed by atoms with Gasteiger partial charge in [0, 0.05) is 31.9 Å². The fraction of sp³-hybridized carbons (Fsp3) is 0.462. The molecule has 0 fully saturated rings. The van der Waals surface area contributed by atoms with E-state index in [1.165, 1.54) is 25.3 Å². The van der Waals surface area contributed by atoms with E-state index < -0.39 is 21.1 Å². The van der Waals surface area contributed by atoms with Crippen LogP contribution >= 0.6 is 10.7 Å². The van der Waals surface area contributed by atoms with Gasteiger partial charge in [0.25, 0.3) is 9.05 Å². The Hall–Kier alpha value is -1.31. The molecular weight excluding hydrogens is 318 g/mol. The number of carbonyl (C=O) groups excluding carboxylic acids is 1. The molecule has 1 aromatic rings. The minimum Gasteiger partial charge on any atom is -0.457 e. The van der Waals surface area contributed by atoms with Crippen molar-refractivity contribution in [3.63, 3.8) is 0 Å². The highest BCUT2D eigenvalue weighted by atomic mass is 35.7. The number of anilines is 1. The van der Waals surface area contributed by atoms with Crippen molar-refractivity contribution in [1.29, 1.82) is 0 Å². The lowest BCUT2D eigenvalue weighted by Crippen LogP contribution is -2.20. The summed E-state index contributed by atoms with van der Waals surface area (Å²) >= 11 is 0. The number of ether oxygens (including phenoxy) is 2. The Morgan fingerprint density at radius 2 is 2.00 bits per heavy atom. The highest BCUT2D eigenvalue weighted by Crippen LogP contribution is 2.28. The predicted octanol–water partition coefficient (Wildman–Crippen LogP) is 1.87. The summed E-state index contributed by atoms with van der Waals surface area (Å²) in [5, 5.41) is 0. The fourth-order valence-corrected chi connectivity index (χ4v) is 2.86. The SMILES string of the molecule is COCC(C)OC(=O)c1ccc(N(C)C)c(S(=O)(=O)Cl)c1. The zero-order valence-corrected chi connectivity index (χ0v) is 13.9. The molecule has 1 aromatic carbocycles. The number of methoxy groups -OCH3 is 1. The van der Waals surface area contributed by atoms with Crippen molar-refractivity contribution in [2.75, 3.05) is 32.7 Å². The average Bonchev–Trinajstić information content (AvgIpc) is 2.37. The van der Waals surface area contributed by atoms with Crippen LogP contribution in [-0.4, -0.2) is 48.3 Å². The van der Waals surface area contributed by atoms with E-state index in [0.717, 1.165) is 0 Å². The van der Waals surface area contributed by atoms with Crippen LogP contribution in [0.5, 0.6) is 0 Å². The number of hydrogen-bond donors (Lipinski definition) is 0. The molecule has 1 rings (SSSR count). The van der Waals surface area contributed by atoms with Gasteiger partial charge in [0.1, 0.15) is 11.0 Å². The van der Waals surface area contributed by atoms with Gasteiger partial charge in [-0.3, -0.25) is 0 Å². The first kappa shape index (κ1) is 17.7. The lowest BCUT2D eigenvalue weighted by molar-refractivity contribution is 0.0120. The number of nitrogens with zero attached hydrogens (tertiary/aromatic N) is 1. The highest BCUT2D eigenvalue weighted by Gasteiger charge is 2.21. The van der Waals surface area contributed by atoms with E-state index in [9.17, 15) is 13.2 Å². The standard InChI is InChI=1S/C13H18ClNO5S/c1-9(8-19-4)20-13(16)10-5-6-11(15(2)3)12(7-10)21(14,17)18/h5-7,9H,8H2,1-4H3. The van der Waals surface area contributed by atoms with Crippen molar-refractivity contribution in [2.45, 2.75) is 17.9 Å². The zero-order chi connectivity index (χ0) is 16.2. The molecule has 0 N–H and O–H groups in total. The second kappa shape index (κ2) is 7.11. The molecule has 6 nitrogen and oxygen atoms in total. The van der Waals surface area contributed by atoms with Crippen LogP contribution in [0.15, 0.2) is 23.1 Å². The summed E-state index contributed by atoms with van der Waals surface area (Å²) in [6.45, 7) is 1.93. The number of halogens is 1. The number of rotatable bonds is 6. The first-order chi connectivity index (χ1) is 9.66. The quantitative estimate of drug-likeness (QED) is 0.583. The minimum atomic E-state index is -3.98. The molecule has 0 aromatic heterocycles. The molecule has 0 heterocycles. The van der Waals surface area contributed by atoms with Gasteiger partial charge < -0.3 is 14.4 Å². The molecule has 0 aliphatic heterocycles. The van der Waals surface area contributed by atoms with E-state index in [4.69, 9.17) is 20.2 Å². The Morgan fingerprint density at radius 1 is 1.38 bits per heavy atom. The van der Waals surface area contributed by atoms with E-state index in [1.807, 2.05) is 0 Å². The lowest BCUT2D eigenvalue weighted by atomic mass is 10.2. The van der Waals surface area contributed by atoms with E-state index >= 15 is 0 Å². The summed E-state index contributed by atoms with van der Waals surface area (Å²) in [7, 11) is 6.29. The van der Waals surface area contributed by atoms with Crippen LogP contribution in [0.2, 0.25) is 0 Å². The Bertz CT molecular complexity index is 615. The van der Waals surface area contributed by atoms with Gasteiger partial charge in [-0.2, -0.15) is 0 Å². The minimum absolute atomic E-state index is 0.114. The van der Waals surface area contributed by atoms with E-state index in [-0.39, 0.29) is 17.1 Å². The molecule has 0 spiro atoms. The molecule has 0 bridgehead atoms. The van der Waals surface area contributed by atoms with Crippen LogP contribution < -0.4 is 4.90 Å². The van der Waals surface area contributed by atoms with Crippen molar-refractivity contribution in [3.8, 4) is 0 Å². The highest BCUT2D eigenvalue weighted by molar-refractivity contribution is 8.13. The molecule has 1 unspecified atom stereocenters. The summed E-state index contributed by atoms with van der Waals surface area (Å²) in [6.07, 6.45) is -0.438. The smallest absolute Gasteiger partial charge is 0.338 e. The van der Waals surface area contributed by atoms with Crippen molar-refractivity contribution in [2.24, 2.45) is 0 Å². The summed E-state index contributed by atoms with van der Waals surface area (Å²) in [4.78, 5) is 13.4. The Labute approximate surface area is 129 Å². The van der Waals surface area contributed by atoms with Gasteiger partial charge in [-0.15, -0.1) is 0 Å². The maximum Gasteiger partial charge on any atom is 0.338 e. The summed E-state index contributed by atoms with van der Waals surface area (Å²) in [5.74, 6) is -0.633.